The maximum atomic E-state index is 13.8. The lowest BCUT2D eigenvalue weighted by atomic mass is 9.70. The number of ether oxygens (including phenoxy) is 2. The lowest BCUT2D eigenvalue weighted by molar-refractivity contribution is -0.419. The fourth-order valence-electron chi connectivity index (χ4n) is 12.8. The first-order valence-electron chi connectivity index (χ1n) is 20.1. The number of carbonyl (C=O) groups excluding carboxylic acids is 2. The van der Waals surface area contributed by atoms with Crippen molar-refractivity contribution in [1.29, 1.82) is 0 Å². The van der Waals surface area contributed by atoms with E-state index in [4.69, 9.17) is 9.47 Å². The first kappa shape index (κ1) is 44.6. The normalized spacial score (nSPS) is 40.2. The van der Waals surface area contributed by atoms with Gasteiger partial charge < -0.3 is 19.7 Å². The van der Waals surface area contributed by atoms with Crippen LogP contribution in [0.3, 0.4) is 0 Å². The molecule has 0 saturated heterocycles. The van der Waals surface area contributed by atoms with Crippen molar-refractivity contribution in [2.75, 3.05) is 0 Å². The molecule has 2 N–H and O–H groups in total. The number of halogens is 12. The van der Waals surface area contributed by atoms with Gasteiger partial charge in [-0.05, 0) is 130 Å². The highest BCUT2D eigenvalue weighted by Crippen LogP contribution is 2.65. The van der Waals surface area contributed by atoms with E-state index in [0.717, 1.165) is 12.8 Å². The second-order valence-electron chi connectivity index (χ2n) is 18.7. The summed E-state index contributed by atoms with van der Waals surface area (Å²) in [6.07, 6.45) is -22.5. The van der Waals surface area contributed by atoms with Crippen molar-refractivity contribution in [2.24, 2.45) is 71.0 Å². The Labute approximate surface area is 323 Å². The number of hydrogen-bond acceptors (Lipinski definition) is 6. The summed E-state index contributed by atoms with van der Waals surface area (Å²) in [5, 5.41) is 20.3. The van der Waals surface area contributed by atoms with Crippen LogP contribution in [0.5, 0.6) is 0 Å². The smallest absolute Gasteiger partial charge is 0.430 e. The molecule has 13 atom stereocenters. The van der Waals surface area contributed by atoms with Gasteiger partial charge in [-0.1, -0.05) is 34.1 Å². The van der Waals surface area contributed by atoms with Crippen LogP contribution in [0.1, 0.15) is 111 Å². The number of esters is 2. The standard InChI is InChI=1S/C20H26F6O3.C19H26F6O3/c1-9-10(2)14-6-12(9)7-15(14)16(27)29-17(8-11-3-4-13(17)5-11)18(28,19(21,22)23)20(24,25)26;1-10-11(2)13-8-12(10)9-14(13)15(26)28-16(6-4-3-5-7-16)17(27,18(20,21)22)19(23,24)25/h9-15,28H,3-8H2,1-2H3;10-14,27H,3-9H2,1-2H3. The first-order chi connectivity index (χ1) is 26.0. The molecule has 0 amide bonds. The Morgan fingerprint density at radius 1 is 0.544 bits per heavy atom. The summed E-state index contributed by atoms with van der Waals surface area (Å²) in [5.74, 6) is -3.71. The van der Waals surface area contributed by atoms with E-state index in [0.29, 0.717) is 37.5 Å². The van der Waals surface area contributed by atoms with Crippen molar-refractivity contribution in [2.45, 2.75) is 158 Å². The maximum Gasteiger partial charge on any atom is 0.430 e. The molecule has 18 heteroatoms. The average Bonchev–Trinajstić information content (AvgIpc) is 3.95. The molecule has 7 rings (SSSR count). The molecule has 7 saturated carbocycles. The summed E-state index contributed by atoms with van der Waals surface area (Å²) in [6.45, 7) is 8.02. The molecule has 6 bridgehead atoms. The van der Waals surface area contributed by atoms with Gasteiger partial charge in [0.15, 0.2) is 11.2 Å². The zero-order valence-electron chi connectivity index (χ0n) is 32.2. The quantitative estimate of drug-likeness (QED) is 0.204. The Morgan fingerprint density at radius 2 is 0.965 bits per heavy atom. The molecule has 7 fully saturated rings. The molecule has 0 aromatic rings. The molecule has 0 aromatic carbocycles. The summed E-state index contributed by atoms with van der Waals surface area (Å²) >= 11 is 0. The maximum absolute atomic E-state index is 13.8. The zero-order valence-corrected chi connectivity index (χ0v) is 32.2. The molecule has 0 spiro atoms. The number of hydrogen-bond donors (Lipinski definition) is 2. The second-order valence-corrected chi connectivity index (χ2v) is 18.7. The molecule has 0 heterocycles. The van der Waals surface area contributed by atoms with Crippen molar-refractivity contribution in [3.8, 4) is 0 Å². The lowest BCUT2D eigenvalue weighted by Crippen LogP contribution is -2.73. The molecule has 7 aliphatic rings. The van der Waals surface area contributed by atoms with Crippen LogP contribution >= 0.6 is 0 Å². The van der Waals surface area contributed by atoms with Gasteiger partial charge in [-0.2, -0.15) is 52.7 Å². The minimum Gasteiger partial charge on any atom is -0.455 e. The van der Waals surface area contributed by atoms with E-state index in [-0.39, 0.29) is 61.2 Å². The number of aliphatic hydroxyl groups is 2. The molecule has 328 valence electrons. The summed E-state index contributed by atoms with van der Waals surface area (Å²) < 4.78 is 174. The Kier molecular flexibility index (Phi) is 11.2. The molecular formula is C39H52F12O6. The fraction of sp³-hybridized carbons (Fsp3) is 0.949. The predicted molar refractivity (Wildman–Crippen MR) is 176 cm³/mol. The van der Waals surface area contributed by atoms with E-state index in [1.165, 1.54) is 0 Å². The van der Waals surface area contributed by atoms with Crippen LogP contribution in [-0.2, 0) is 19.1 Å². The van der Waals surface area contributed by atoms with Crippen LogP contribution in [0.25, 0.3) is 0 Å². The van der Waals surface area contributed by atoms with Crippen LogP contribution in [0.15, 0.2) is 0 Å². The van der Waals surface area contributed by atoms with Gasteiger partial charge in [0.1, 0.15) is 0 Å². The van der Waals surface area contributed by atoms with Gasteiger partial charge in [0.05, 0.1) is 11.8 Å². The number of alkyl halides is 12. The molecule has 7 aliphatic carbocycles. The van der Waals surface area contributed by atoms with Crippen LogP contribution in [0, 0.1) is 71.0 Å². The zero-order chi connectivity index (χ0) is 42.7. The van der Waals surface area contributed by atoms with E-state index < -0.39 is 102 Å². The van der Waals surface area contributed by atoms with Gasteiger partial charge in [0.2, 0.25) is 0 Å². The highest BCUT2D eigenvalue weighted by molar-refractivity contribution is 5.75. The largest absolute Gasteiger partial charge is 0.455 e. The second kappa shape index (κ2) is 14.3. The highest BCUT2D eigenvalue weighted by atomic mass is 19.4. The average molecular weight is 845 g/mol. The van der Waals surface area contributed by atoms with Crippen molar-refractivity contribution in [3.05, 3.63) is 0 Å². The summed E-state index contributed by atoms with van der Waals surface area (Å²) in [7, 11) is 0. The predicted octanol–water partition coefficient (Wildman–Crippen LogP) is 9.89. The van der Waals surface area contributed by atoms with E-state index in [2.05, 4.69) is 6.92 Å². The van der Waals surface area contributed by atoms with Crippen LogP contribution in [-0.4, -0.2) is 69.3 Å². The molecule has 57 heavy (non-hydrogen) atoms. The van der Waals surface area contributed by atoms with Gasteiger partial charge in [0, 0.05) is 5.92 Å². The van der Waals surface area contributed by atoms with Crippen molar-refractivity contribution < 1.29 is 82.0 Å². The first-order valence-corrected chi connectivity index (χ1v) is 20.1. The Balaban J connectivity index is 0.000000193. The third-order valence-corrected chi connectivity index (χ3v) is 16.3. The summed E-state index contributed by atoms with van der Waals surface area (Å²) in [5.41, 5.74) is -16.2. The molecule has 0 radical (unpaired) electrons. The van der Waals surface area contributed by atoms with Gasteiger partial charge in [-0.15, -0.1) is 0 Å². The molecule has 13 unspecified atom stereocenters. The fourth-order valence-corrected chi connectivity index (χ4v) is 12.8. The van der Waals surface area contributed by atoms with Crippen LogP contribution in [0.2, 0.25) is 0 Å². The van der Waals surface area contributed by atoms with Gasteiger partial charge >= 0.3 is 36.6 Å². The van der Waals surface area contributed by atoms with Crippen molar-refractivity contribution in [3.63, 3.8) is 0 Å². The van der Waals surface area contributed by atoms with E-state index in [9.17, 15) is 72.5 Å². The molecule has 6 nitrogen and oxygen atoms in total. The SMILES string of the molecule is CC1C2CC(C(=O)OC3(C(O)(C(F)(F)F)C(F)(F)F)CC4CCC3C4)C(C2)C1C.CC1C2CC(C(=O)OC3(C(O)(C(F)(F)F)C(F)(F)F)CCCCC3)C(C2)C1C. The lowest BCUT2D eigenvalue weighted by Gasteiger charge is -2.50. The third kappa shape index (κ3) is 6.67. The van der Waals surface area contributed by atoms with E-state index in [1.54, 1.807) is 0 Å². The molecular weight excluding hydrogens is 792 g/mol. The number of fused-ring (bicyclic) bond motifs is 6. The van der Waals surface area contributed by atoms with Crippen molar-refractivity contribution in [1.82, 2.24) is 0 Å². The molecule has 0 aromatic heterocycles. The minimum atomic E-state index is -6.01. The van der Waals surface area contributed by atoms with E-state index >= 15 is 0 Å². The third-order valence-electron chi connectivity index (χ3n) is 16.3. The topological polar surface area (TPSA) is 93.1 Å². The van der Waals surface area contributed by atoms with Crippen LogP contribution in [0.4, 0.5) is 52.7 Å². The minimum absolute atomic E-state index is 0.0197. The Hall–Kier alpha value is -1.98. The summed E-state index contributed by atoms with van der Waals surface area (Å²) in [4.78, 5) is 25.8. The van der Waals surface area contributed by atoms with Gasteiger partial charge in [-0.25, -0.2) is 0 Å². The molecule has 0 aliphatic heterocycles. The number of rotatable bonds is 6. The van der Waals surface area contributed by atoms with Gasteiger partial charge in [-0.3, -0.25) is 9.59 Å². The van der Waals surface area contributed by atoms with Gasteiger partial charge in [0.25, 0.3) is 11.2 Å². The van der Waals surface area contributed by atoms with E-state index in [1.807, 2.05) is 20.8 Å². The highest BCUT2D eigenvalue weighted by Gasteiger charge is 2.85. The van der Waals surface area contributed by atoms with Crippen LogP contribution < -0.4 is 0 Å². The Bertz CT molecular complexity index is 1490. The van der Waals surface area contributed by atoms with Crippen molar-refractivity contribution >= 4 is 11.9 Å². The monoisotopic (exact) mass is 844 g/mol. The Morgan fingerprint density at radius 3 is 1.30 bits per heavy atom. The summed E-state index contributed by atoms with van der Waals surface area (Å²) in [6, 6.07) is 0. The number of carbonyl (C=O) groups is 2.